The predicted molar refractivity (Wildman–Crippen MR) is 68.2 cm³/mol. The van der Waals surface area contributed by atoms with Crippen molar-refractivity contribution in [1.82, 2.24) is 29.8 Å². The van der Waals surface area contributed by atoms with Gasteiger partial charge in [0.25, 0.3) is 0 Å². The normalized spacial score (nSPS) is 10.7. The number of imidazole rings is 1. The van der Waals surface area contributed by atoms with Crippen LogP contribution in [0.4, 0.5) is 0 Å². The van der Waals surface area contributed by atoms with E-state index < -0.39 is 0 Å². The van der Waals surface area contributed by atoms with Crippen LogP contribution in [0.5, 0.6) is 0 Å². The molecule has 2 heterocycles. The van der Waals surface area contributed by atoms with Crippen molar-refractivity contribution in [3.05, 3.63) is 53.3 Å². The minimum absolute atomic E-state index is 0.578. The molecule has 0 aliphatic carbocycles. The fourth-order valence-electron chi connectivity index (χ4n) is 1.66. The summed E-state index contributed by atoms with van der Waals surface area (Å²) in [5.41, 5.74) is 0.914. The van der Waals surface area contributed by atoms with Gasteiger partial charge in [-0.2, -0.15) is 4.68 Å². The Bertz CT molecular complexity index is 645. The maximum Gasteiger partial charge on any atom is 0.176 e. The molecule has 0 aliphatic heterocycles. The van der Waals surface area contributed by atoms with Gasteiger partial charge in [0, 0.05) is 16.9 Å². The Morgan fingerprint density at radius 1 is 1.22 bits per heavy atom. The smallest absolute Gasteiger partial charge is 0.176 e. The Hall–Kier alpha value is -2.02. The van der Waals surface area contributed by atoms with Gasteiger partial charge in [-0.05, 0) is 38.5 Å². The van der Waals surface area contributed by atoms with Gasteiger partial charge in [-0.1, -0.05) is 12.1 Å². The average molecular weight is 305 g/mol. The van der Waals surface area contributed by atoms with Crippen LogP contribution in [0.25, 0.3) is 5.69 Å². The zero-order valence-corrected chi connectivity index (χ0v) is 10.9. The molecule has 18 heavy (non-hydrogen) atoms. The summed E-state index contributed by atoms with van der Waals surface area (Å²) in [6.45, 7) is 0.578. The summed E-state index contributed by atoms with van der Waals surface area (Å²) in [7, 11) is 0. The molecule has 3 aromatic rings. The molecule has 2 aromatic heterocycles. The summed E-state index contributed by atoms with van der Waals surface area (Å²) in [4.78, 5) is 4.00. The molecular weight excluding hydrogens is 296 g/mol. The third-order valence-electron chi connectivity index (χ3n) is 2.50. The molecule has 0 aliphatic rings. The van der Waals surface area contributed by atoms with Crippen LogP contribution in [0.2, 0.25) is 0 Å². The number of para-hydroxylation sites is 1. The Morgan fingerprint density at radius 3 is 2.89 bits per heavy atom. The molecule has 6 nitrogen and oxygen atoms in total. The highest BCUT2D eigenvalue weighted by molar-refractivity contribution is 9.10. The Morgan fingerprint density at radius 2 is 2.11 bits per heavy atom. The number of hydrogen-bond donors (Lipinski definition) is 0. The maximum atomic E-state index is 4.04. The lowest BCUT2D eigenvalue weighted by Crippen LogP contribution is -2.07. The van der Waals surface area contributed by atoms with Crippen LogP contribution in [0.15, 0.2) is 47.5 Å². The van der Waals surface area contributed by atoms with E-state index >= 15 is 0 Å². The van der Waals surface area contributed by atoms with E-state index in [4.69, 9.17) is 0 Å². The van der Waals surface area contributed by atoms with E-state index in [0.717, 1.165) is 16.0 Å². The molecule has 0 saturated carbocycles. The van der Waals surface area contributed by atoms with Crippen molar-refractivity contribution in [3.8, 4) is 5.69 Å². The number of aromatic nitrogens is 6. The zero-order valence-electron chi connectivity index (χ0n) is 9.31. The van der Waals surface area contributed by atoms with Gasteiger partial charge in [0.2, 0.25) is 0 Å². The molecule has 1 aromatic carbocycles. The van der Waals surface area contributed by atoms with E-state index in [-0.39, 0.29) is 0 Å². The quantitative estimate of drug-likeness (QED) is 0.738. The molecule has 0 bridgehead atoms. The Balaban J connectivity index is 1.99. The Kier molecular flexibility index (Phi) is 2.89. The molecule has 3 rings (SSSR count). The third-order valence-corrected chi connectivity index (χ3v) is 3.17. The first-order valence-electron chi connectivity index (χ1n) is 5.32. The van der Waals surface area contributed by atoms with Crippen LogP contribution in [0, 0.1) is 0 Å². The van der Waals surface area contributed by atoms with Crippen molar-refractivity contribution in [2.75, 3.05) is 0 Å². The number of halogens is 1. The van der Waals surface area contributed by atoms with Gasteiger partial charge in [-0.3, -0.25) is 0 Å². The summed E-state index contributed by atoms with van der Waals surface area (Å²) in [6.07, 6.45) is 5.34. The second-order valence-corrected chi connectivity index (χ2v) is 4.55. The fourth-order valence-corrected chi connectivity index (χ4v) is 2.11. The molecule has 7 heteroatoms. The molecule has 0 unspecified atom stereocenters. The van der Waals surface area contributed by atoms with Crippen LogP contribution >= 0.6 is 15.9 Å². The summed E-state index contributed by atoms with van der Waals surface area (Å²) >= 11 is 3.49. The molecule has 0 saturated heterocycles. The van der Waals surface area contributed by atoms with Gasteiger partial charge >= 0.3 is 0 Å². The van der Waals surface area contributed by atoms with Gasteiger partial charge in [0.1, 0.15) is 0 Å². The minimum Gasteiger partial charge on any atom is -0.330 e. The lowest BCUT2D eigenvalue weighted by Gasteiger charge is -2.06. The van der Waals surface area contributed by atoms with E-state index in [0.29, 0.717) is 6.54 Å². The largest absolute Gasteiger partial charge is 0.330 e. The van der Waals surface area contributed by atoms with Crippen molar-refractivity contribution < 1.29 is 0 Å². The van der Waals surface area contributed by atoms with Crippen molar-refractivity contribution >= 4 is 15.9 Å². The maximum absolute atomic E-state index is 4.04. The molecule has 0 radical (unpaired) electrons. The molecular formula is C11H9BrN6. The molecule has 0 amide bonds. The number of benzene rings is 1. The minimum atomic E-state index is 0.578. The highest BCUT2D eigenvalue weighted by Gasteiger charge is 2.10. The summed E-state index contributed by atoms with van der Waals surface area (Å²) in [5, 5.41) is 11.8. The number of hydrogen-bond acceptors (Lipinski definition) is 4. The van der Waals surface area contributed by atoms with Crippen LogP contribution in [0.1, 0.15) is 5.82 Å². The summed E-state index contributed by atoms with van der Waals surface area (Å²) in [5.74, 6) is 0.750. The fraction of sp³-hybridized carbons (Fsp3) is 0.0909. The van der Waals surface area contributed by atoms with Gasteiger partial charge in [0.15, 0.2) is 5.82 Å². The standard InChI is InChI=1S/C11H9BrN6/c12-9-3-1-2-4-10(9)18-11(14-15-16-18)7-17-6-5-13-8-17/h1-6,8H,7H2. The highest BCUT2D eigenvalue weighted by atomic mass is 79.9. The van der Waals surface area contributed by atoms with Crippen LogP contribution in [-0.2, 0) is 6.54 Å². The van der Waals surface area contributed by atoms with Gasteiger partial charge in [-0.15, -0.1) is 5.10 Å². The molecule has 90 valence electrons. The lowest BCUT2D eigenvalue weighted by atomic mass is 10.3. The monoisotopic (exact) mass is 304 g/mol. The lowest BCUT2D eigenvalue weighted by molar-refractivity contribution is 0.698. The molecule has 0 N–H and O–H groups in total. The Labute approximate surface area is 111 Å². The first-order valence-corrected chi connectivity index (χ1v) is 6.12. The second-order valence-electron chi connectivity index (χ2n) is 3.69. The van der Waals surface area contributed by atoms with Gasteiger partial charge < -0.3 is 4.57 Å². The molecule has 0 fully saturated rings. The van der Waals surface area contributed by atoms with E-state index in [1.54, 1.807) is 17.2 Å². The first-order chi connectivity index (χ1) is 8.84. The predicted octanol–water partition coefficient (Wildman–Crippen LogP) is 1.67. The van der Waals surface area contributed by atoms with Gasteiger partial charge in [0.05, 0.1) is 18.6 Å². The summed E-state index contributed by atoms with van der Waals surface area (Å²) < 4.78 is 4.58. The second kappa shape index (κ2) is 4.69. The van der Waals surface area contributed by atoms with Crippen LogP contribution in [0.3, 0.4) is 0 Å². The number of nitrogens with zero attached hydrogens (tertiary/aromatic N) is 6. The highest BCUT2D eigenvalue weighted by Crippen LogP contribution is 2.20. The average Bonchev–Trinajstić information content (AvgIpc) is 3.02. The van der Waals surface area contributed by atoms with E-state index in [1.165, 1.54) is 0 Å². The van der Waals surface area contributed by atoms with E-state index in [1.807, 2.05) is 35.0 Å². The summed E-state index contributed by atoms with van der Waals surface area (Å²) in [6, 6.07) is 7.81. The van der Waals surface area contributed by atoms with Crippen molar-refractivity contribution in [2.45, 2.75) is 6.54 Å². The van der Waals surface area contributed by atoms with Crippen molar-refractivity contribution in [1.29, 1.82) is 0 Å². The first kappa shape index (κ1) is 11.1. The molecule has 0 atom stereocenters. The topological polar surface area (TPSA) is 61.4 Å². The van der Waals surface area contributed by atoms with Gasteiger partial charge in [-0.25, -0.2) is 4.98 Å². The van der Waals surface area contributed by atoms with Crippen molar-refractivity contribution in [3.63, 3.8) is 0 Å². The van der Waals surface area contributed by atoms with E-state index in [2.05, 4.69) is 36.4 Å². The van der Waals surface area contributed by atoms with Crippen LogP contribution < -0.4 is 0 Å². The molecule has 0 spiro atoms. The van der Waals surface area contributed by atoms with Crippen molar-refractivity contribution in [2.24, 2.45) is 0 Å². The van der Waals surface area contributed by atoms with E-state index in [9.17, 15) is 0 Å². The number of rotatable bonds is 3. The van der Waals surface area contributed by atoms with Crippen LogP contribution in [-0.4, -0.2) is 29.8 Å². The SMILES string of the molecule is Brc1ccccc1-n1nnnc1Cn1ccnc1. The third kappa shape index (κ3) is 2.04. The number of tetrazole rings is 1. The zero-order chi connectivity index (χ0) is 12.4.